The van der Waals surface area contributed by atoms with Crippen LogP contribution in [0, 0.1) is 10.1 Å². The molecule has 1 heterocycles. The third-order valence-corrected chi connectivity index (χ3v) is 4.27. The van der Waals surface area contributed by atoms with Crippen molar-refractivity contribution in [1.29, 1.82) is 0 Å². The molecule has 2 amide bonds. The lowest BCUT2D eigenvalue weighted by Gasteiger charge is -2.30. The average molecular weight is 386 g/mol. The highest BCUT2D eigenvalue weighted by molar-refractivity contribution is 6.34. The zero-order valence-electron chi connectivity index (χ0n) is 14.4. The van der Waals surface area contributed by atoms with Crippen LogP contribution in [0.3, 0.4) is 0 Å². The number of halogens is 1. The number of hydrogen-bond acceptors (Lipinski definition) is 5. The number of carbonyl (C=O) groups is 2. The molecule has 0 aromatic heterocycles. The molecule has 10 heteroatoms. The molecule has 0 saturated carbocycles. The fraction of sp³-hybridized carbons (Fsp3) is 0.500. The number of piperidine rings is 1. The second kappa shape index (κ2) is 8.22. The third kappa shape index (κ3) is 4.75. The zero-order valence-corrected chi connectivity index (χ0v) is 15.2. The van der Waals surface area contributed by atoms with Crippen LogP contribution in [0.1, 0.15) is 37.0 Å². The van der Waals surface area contributed by atoms with Gasteiger partial charge >= 0.3 is 11.8 Å². The van der Waals surface area contributed by atoms with Gasteiger partial charge in [0.05, 0.1) is 21.6 Å². The Kier molecular flexibility index (Phi) is 6.25. The SMILES string of the molecule is CC(C)Oc1cc(Cl)c(C(=O)NC2CCN(C(=O)O)CC2)cc1[N+](=O)[O-]. The van der Waals surface area contributed by atoms with Crippen molar-refractivity contribution in [2.24, 2.45) is 0 Å². The first-order chi connectivity index (χ1) is 12.2. The number of nitro benzene ring substituents is 1. The first kappa shape index (κ1) is 19.8. The summed E-state index contributed by atoms with van der Waals surface area (Å²) in [7, 11) is 0. The Hall–Kier alpha value is -2.55. The van der Waals surface area contributed by atoms with Gasteiger partial charge in [-0.2, -0.15) is 0 Å². The van der Waals surface area contributed by atoms with Gasteiger partial charge in [-0.25, -0.2) is 4.79 Å². The van der Waals surface area contributed by atoms with E-state index in [1.165, 1.54) is 11.0 Å². The molecular weight excluding hydrogens is 366 g/mol. The molecular formula is C16H20ClN3O6. The summed E-state index contributed by atoms with van der Waals surface area (Å²) in [6.45, 7) is 4.08. The number of ether oxygens (including phenoxy) is 1. The predicted octanol–water partition coefficient (Wildman–Crippen LogP) is 2.91. The van der Waals surface area contributed by atoms with Crippen molar-refractivity contribution in [3.8, 4) is 5.75 Å². The maximum absolute atomic E-state index is 12.5. The summed E-state index contributed by atoms with van der Waals surface area (Å²) in [6, 6.07) is 2.14. The highest BCUT2D eigenvalue weighted by Gasteiger charge is 2.27. The molecule has 9 nitrogen and oxygen atoms in total. The van der Waals surface area contributed by atoms with Gasteiger partial charge in [-0.3, -0.25) is 14.9 Å². The van der Waals surface area contributed by atoms with Crippen LogP contribution >= 0.6 is 11.6 Å². The lowest BCUT2D eigenvalue weighted by atomic mass is 10.0. The van der Waals surface area contributed by atoms with Gasteiger partial charge in [0, 0.05) is 31.3 Å². The van der Waals surface area contributed by atoms with E-state index in [-0.39, 0.29) is 34.2 Å². The fourth-order valence-electron chi connectivity index (χ4n) is 2.69. The summed E-state index contributed by atoms with van der Waals surface area (Å²) in [5.41, 5.74) is -0.357. The number of nitrogens with zero attached hydrogens (tertiary/aromatic N) is 2. The number of carboxylic acid groups (broad SMARTS) is 1. The first-order valence-corrected chi connectivity index (χ1v) is 8.50. The molecule has 1 aliphatic rings. The lowest BCUT2D eigenvalue weighted by Crippen LogP contribution is -2.46. The van der Waals surface area contributed by atoms with Crippen LogP contribution in [0.2, 0.25) is 5.02 Å². The summed E-state index contributed by atoms with van der Waals surface area (Å²) in [6.07, 6.45) is -0.350. The zero-order chi connectivity index (χ0) is 19.4. The molecule has 1 fully saturated rings. The fourth-order valence-corrected chi connectivity index (χ4v) is 2.93. The minimum Gasteiger partial charge on any atom is -0.484 e. The van der Waals surface area contributed by atoms with Crippen molar-refractivity contribution in [2.75, 3.05) is 13.1 Å². The predicted molar refractivity (Wildman–Crippen MR) is 94.0 cm³/mol. The van der Waals surface area contributed by atoms with E-state index in [0.29, 0.717) is 25.9 Å². The number of amides is 2. The van der Waals surface area contributed by atoms with Gasteiger partial charge in [0.15, 0.2) is 5.75 Å². The Labute approximate surface area is 155 Å². The third-order valence-electron chi connectivity index (χ3n) is 3.95. The molecule has 0 unspecified atom stereocenters. The van der Waals surface area contributed by atoms with Crippen molar-refractivity contribution in [1.82, 2.24) is 10.2 Å². The van der Waals surface area contributed by atoms with E-state index in [2.05, 4.69) is 5.32 Å². The van der Waals surface area contributed by atoms with E-state index in [0.717, 1.165) is 6.07 Å². The Morgan fingerprint density at radius 3 is 2.50 bits per heavy atom. The summed E-state index contributed by atoms with van der Waals surface area (Å²) in [4.78, 5) is 35.3. The van der Waals surface area contributed by atoms with Crippen LogP contribution in [0.5, 0.6) is 5.75 Å². The second-order valence-electron chi connectivity index (χ2n) is 6.24. The topological polar surface area (TPSA) is 122 Å². The minimum absolute atomic E-state index is 0.00122. The molecule has 0 radical (unpaired) electrons. The Bertz CT molecular complexity index is 716. The van der Waals surface area contributed by atoms with Crippen molar-refractivity contribution in [3.63, 3.8) is 0 Å². The molecule has 1 aliphatic heterocycles. The minimum atomic E-state index is -0.991. The molecule has 26 heavy (non-hydrogen) atoms. The van der Waals surface area contributed by atoms with E-state index in [1.807, 2.05) is 0 Å². The molecule has 1 aromatic carbocycles. The van der Waals surface area contributed by atoms with E-state index in [1.54, 1.807) is 13.8 Å². The summed E-state index contributed by atoms with van der Waals surface area (Å²) in [5, 5.41) is 23.0. The normalized spacial score (nSPS) is 15.0. The van der Waals surface area contributed by atoms with E-state index in [4.69, 9.17) is 21.4 Å². The monoisotopic (exact) mass is 385 g/mol. The highest BCUT2D eigenvalue weighted by Crippen LogP contribution is 2.34. The van der Waals surface area contributed by atoms with Crippen LogP contribution in [-0.2, 0) is 0 Å². The highest BCUT2D eigenvalue weighted by atomic mass is 35.5. The van der Waals surface area contributed by atoms with Crippen LogP contribution in [0.15, 0.2) is 12.1 Å². The molecule has 0 aliphatic carbocycles. The Balaban J connectivity index is 2.15. The summed E-state index contributed by atoms with van der Waals surface area (Å²) >= 11 is 6.12. The number of nitro groups is 1. The summed E-state index contributed by atoms with van der Waals surface area (Å²) in [5.74, 6) is -0.538. The average Bonchev–Trinajstić information content (AvgIpc) is 2.54. The number of rotatable bonds is 5. The number of benzene rings is 1. The van der Waals surface area contributed by atoms with Gasteiger partial charge in [-0.1, -0.05) is 11.6 Å². The maximum atomic E-state index is 12.5. The molecule has 0 spiro atoms. The Morgan fingerprint density at radius 2 is 2.00 bits per heavy atom. The van der Waals surface area contributed by atoms with E-state index < -0.39 is 16.9 Å². The van der Waals surface area contributed by atoms with Gasteiger partial charge in [0.2, 0.25) is 0 Å². The standard InChI is InChI=1S/C16H20ClN3O6/c1-9(2)26-14-8-12(17)11(7-13(14)20(24)25)15(21)18-10-3-5-19(6-4-10)16(22)23/h7-10H,3-6H2,1-2H3,(H,18,21)(H,22,23). The molecule has 2 rings (SSSR count). The van der Waals surface area contributed by atoms with Crippen LogP contribution < -0.4 is 10.1 Å². The van der Waals surface area contributed by atoms with E-state index in [9.17, 15) is 19.7 Å². The van der Waals surface area contributed by atoms with Crippen molar-refractivity contribution < 1.29 is 24.4 Å². The molecule has 1 saturated heterocycles. The maximum Gasteiger partial charge on any atom is 0.407 e. The molecule has 1 aromatic rings. The van der Waals surface area contributed by atoms with Gasteiger partial charge in [0.25, 0.3) is 5.91 Å². The molecule has 2 N–H and O–H groups in total. The van der Waals surface area contributed by atoms with Crippen LogP contribution in [0.25, 0.3) is 0 Å². The first-order valence-electron chi connectivity index (χ1n) is 8.12. The number of hydrogen-bond donors (Lipinski definition) is 2. The number of carbonyl (C=O) groups excluding carboxylic acids is 1. The van der Waals surface area contributed by atoms with Crippen molar-refractivity contribution >= 4 is 29.3 Å². The summed E-state index contributed by atoms with van der Waals surface area (Å²) < 4.78 is 5.39. The largest absolute Gasteiger partial charge is 0.484 e. The molecule has 0 bridgehead atoms. The van der Waals surface area contributed by atoms with Crippen LogP contribution in [0.4, 0.5) is 10.5 Å². The van der Waals surface area contributed by atoms with Gasteiger partial charge in [-0.05, 0) is 26.7 Å². The smallest absolute Gasteiger partial charge is 0.407 e. The number of likely N-dealkylation sites (tertiary alicyclic amines) is 1. The van der Waals surface area contributed by atoms with Crippen molar-refractivity contribution in [3.05, 3.63) is 32.8 Å². The second-order valence-corrected chi connectivity index (χ2v) is 6.65. The van der Waals surface area contributed by atoms with Crippen molar-refractivity contribution in [2.45, 2.75) is 38.8 Å². The van der Waals surface area contributed by atoms with Gasteiger partial charge < -0.3 is 20.1 Å². The Morgan fingerprint density at radius 1 is 1.38 bits per heavy atom. The van der Waals surface area contributed by atoms with Crippen LogP contribution in [-0.4, -0.2) is 52.2 Å². The number of nitrogens with one attached hydrogen (secondary N) is 1. The van der Waals surface area contributed by atoms with E-state index >= 15 is 0 Å². The molecule has 142 valence electrons. The quantitative estimate of drug-likeness (QED) is 0.593. The van der Waals surface area contributed by atoms with Gasteiger partial charge in [0.1, 0.15) is 0 Å². The lowest BCUT2D eigenvalue weighted by molar-refractivity contribution is -0.386. The van der Waals surface area contributed by atoms with Gasteiger partial charge in [-0.15, -0.1) is 0 Å². The molecule has 0 atom stereocenters.